The molecule has 0 aliphatic carbocycles. The highest BCUT2D eigenvalue weighted by Gasteiger charge is 2.13. The van der Waals surface area contributed by atoms with Crippen LogP contribution >= 0.6 is 0 Å². The molecule has 0 saturated heterocycles. The summed E-state index contributed by atoms with van der Waals surface area (Å²) in [6.07, 6.45) is 4.78. The number of aromatic nitrogens is 2. The van der Waals surface area contributed by atoms with Gasteiger partial charge in [-0.1, -0.05) is 18.2 Å². The van der Waals surface area contributed by atoms with Gasteiger partial charge in [0, 0.05) is 24.3 Å². The van der Waals surface area contributed by atoms with Crippen LogP contribution < -0.4 is 10.6 Å². The number of nitrogens with zero attached hydrogens (tertiary/aromatic N) is 2. The van der Waals surface area contributed by atoms with Crippen molar-refractivity contribution in [3.8, 4) is 0 Å². The van der Waals surface area contributed by atoms with E-state index in [4.69, 9.17) is 0 Å². The number of benzene rings is 1. The molecule has 0 saturated carbocycles. The van der Waals surface area contributed by atoms with E-state index >= 15 is 0 Å². The molecule has 0 unspecified atom stereocenters. The van der Waals surface area contributed by atoms with Gasteiger partial charge in [-0.15, -0.1) is 0 Å². The van der Waals surface area contributed by atoms with Crippen LogP contribution in [-0.4, -0.2) is 21.8 Å². The standard InChI is InChI=1S/C17H14N4O2/c22-16(20-10-12-5-7-18-8-6-12)17(23)21-14-9-13-3-1-2-4-15(13)19-11-14/h1-9,11H,10H2,(H,20,22)(H,21,23). The quantitative estimate of drug-likeness (QED) is 0.724. The van der Waals surface area contributed by atoms with Crippen molar-refractivity contribution < 1.29 is 9.59 Å². The number of fused-ring (bicyclic) bond motifs is 1. The molecule has 0 spiro atoms. The molecule has 23 heavy (non-hydrogen) atoms. The zero-order chi connectivity index (χ0) is 16.1. The van der Waals surface area contributed by atoms with Gasteiger partial charge in [0.25, 0.3) is 0 Å². The van der Waals surface area contributed by atoms with Crippen molar-refractivity contribution in [1.82, 2.24) is 15.3 Å². The van der Waals surface area contributed by atoms with Gasteiger partial charge in [0.2, 0.25) is 0 Å². The van der Waals surface area contributed by atoms with E-state index in [9.17, 15) is 9.59 Å². The summed E-state index contributed by atoms with van der Waals surface area (Å²) in [5.74, 6) is -1.42. The number of carbonyl (C=O) groups excluding carboxylic acids is 2. The molecule has 0 atom stereocenters. The van der Waals surface area contributed by atoms with Crippen LogP contribution in [0, 0.1) is 0 Å². The lowest BCUT2D eigenvalue weighted by Gasteiger charge is -2.07. The Morgan fingerprint density at radius 3 is 2.61 bits per heavy atom. The lowest BCUT2D eigenvalue weighted by atomic mass is 10.2. The van der Waals surface area contributed by atoms with E-state index in [0.717, 1.165) is 16.5 Å². The average Bonchev–Trinajstić information content (AvgIpc) is 2.60. The molecule has 0 fully saturated rings. The maximum atomic E-state index is 11.9. The molecule has 3 aromatic rings. The minimum atomic E-state index is -0.726. The maximum Gasteiger partial charge on any atom is 0.313 e. The van der Waals surface area contributed by atoms with Crippen molar-refractivity contribution in [2.45, 2.75) is 6.54 Å². The van der Waals surface area contributed by atoms with Crippen LogP contribution in [0.3, 0.4) is 0 Å². The second-order valence-corrected chi connectivity index (χ2v) is 4.91. The van der Waals surface area contributed by atoms with Gasteiger partial charge >= 0.3 is 11.8 Å². The number of anilines is 1. The van der Waals surface area contributed by atoms with E-state index in [1.54, 1.807) is 30.6 Å². The third kappa shape index (κ3) is 3.68. The summed E-state index contributed by atoms with van der Waals surface area (Å²) < 4.78 is 0. The number of hydrogen-bond donors (Lipinski definition) is 2. The predicted octanol–water partition coefficient (Wildman–Crippen LogP) is 1.88. The molecule has 2 N–H and O–H groups in total. The van der Waals surface area contributed by atoms with Crippen LogP contribution in [0.1, 0.15) is 5.56 Å². The van der Waals surface area contributed by atoms with Gasteiger partial charge in [-0.25, -0.2) is 0 Å². The van der Waals surface area contributed by atoms with Crippen molar-refractivity contribution >= 4 is 28.4 Å². The lowest BCUT2D eigenvalue weighted by Crippen LogP contribution is -2.34. The van der Waals surface area contributed by atoms with E-state index in [0.29, 0.717) is 5.69 Å². The van der Waals surface area contributed by atoms with E-state index in [1.807, 2.05) is 24.3 Å². The zero-order valence-corrected chi connectivity index (χ0v) is 12.2. The van der Waals surface area contributed by atoms with Gasteiger partial charge in [-0.05, 0) is 29.8 Å². The van der Waals surface area contributed by atoms with Gasteiger partial charge in [0.05, 0.1) is 17.4 Å². The highest BCUT2D eigenvalue weighted by molar-refractivity contribution is 6.39. The van der Waals surface area contributed by atoms with Crippen molar-refractivity contribution in [3.05, 3.63) is 66.6 Å². The Labute approximate surface area is 132 Å². The molecule has 2 aromatic heterocycles. The molecule has 6 nitrogen and oxygen atoms in total. The molecule has 6 heteroatoms. The maximum absolute atomic E-state index is 11.9. The van der Waals surface area contributed by atoms with Gasteiger partial charge in [-0.3, -0.25) is 19.6 Å². The fourth-order valence-corrected chi connectivity index (χ4v) is 2.09. The normalized spacial score (nSPS) is 10.3. The molecular formula is C17H14N4O2. The number of nitrogens with one attached hydrogen (secondary N) is 2. The van der Waals surface area contributed by atoms with Crippen LogP contribution in [0.25, 0.3) is 10.9 Å². The number of carbonyl (C=O) groups is 2. The first-order chi connectivity index (χ1) is 11.2. The van der Waals surface area contributed by atoms with Crippen molar-refractivity contribution in [3.63, 3.8) is 0 Å². The average molecular weight is 306 g/mol. The largest absolute Gasteiger partial charge is 0.344 e. The molecule has 2 amide bonds. The van der Waals surface area contributed by atoms with Crippen molar-refractivity contribution in [2.75, 3.05) is 5.32 Å². The molecule has 0 aliphatic heterocycles. The Bertz CT molecular complexity index is 849. The summed E-state index contributed by atoms with van der Waals surface area (Å²) in [6.45, 7) is 0.269. The first-order valence-corrected chi connectivity index (χ1v) is 7.05. The SMILES string of the molecule is O=C(NCc1ccncc1)C(=O)Nc1cnc2ccccc2c1. The molecule has 0 bridgehead atoms. The van der Waals surface area contributed by atoms with Gasteiger partial charge in [-0.2, -0.15) is 0 Å². The summed E-state index contributed by atoms with van der Waals surface area (Å²) in [7, 11) is 0. The number of amides is 2. The third-order valence-corrected chi connectivity index (χ3v) is 3.26. The fourth-order valence-electron chi connectivity index (χ4n) is 2.09. The third-order valence-electron chi connectivity index (χ3n) is 3.26. The number of pyridine rings is 2. The Morgan fingerprint density at radius 1 is 1.00 bits per heavy atom. The van der Waals surface area contributed by atoms with Crippen LogP contribution in [0.15, 0.2) is 61.1 Å². The van der Waals surface area contributed by atoms with Gasteiger partial charge < -0.3 is 10.6 Å². The number of hydrogen-bond acceptors (Lipinski definition) is 4. The Kier molecular flexibility index (Phi) is 4.24. The van der Waals surface area contributed by atoms with E-state index in [1.165, 1.54) is 6.20 Å². The molecule has 1 aromatic carbocycles. The lowest BCUT2D eigenvalue weighted by molar-refractivity contribution is -0.136. The highest BCUT2D eigenvalue weighted by atomic mass is 16.2. The molecule has 0 aliphatic rings. The predicted molar refractivity (Wildman–Crippen MR) is 86.5 cm³/mol. The number of rotatable bonds is 3. The minimum absolute atomic E-state index is 0.269. The van der Waals surface area contributed by atoms with E-state index in [2.05, 4.69) is 20.6 Å². The first-order valence-electron chi connectivity index (χ1n) is 7.05. The van der Waals surface area contributed by atoms with Crippen LogP contribution in [-0.2, 0) is 16.1 Å². The summed E-state index contributed by atoms with van der Waals surface area (Å²) in [4.78, 5) is 31.9. The Morgan fingerprint density at radius 2 is 1.78 bits per heavy atom. The molecule has 2 heterocycles. The van der Waals surface area contributed by atoms with Gasteiger partial charge in [0.15, 0.2) is 0 Å². The summed E-state index contributed by atoms with van der Waals surface area (Å²) in [5, 5.41) is 5.99. The first kappa shape index (κ1) is 14.6. The molecule has 114 valence electrons. The smallest absolute Gasteiger partial charge is 0.313 e. The van der Waals surface area contributed by atoms with Crippen molar-refractivity contribution in [2.24, 2.45) is 0 Å². The van der Waals surface area contributed by atoms with E-state index in [-0.39, 0.29) is 6.54 Å². The van der Waals surface area contributed by atoms with Crippen LogP contribution in [0.4, 0.5) is 5.69 Å². The monoisotopic (exact) mass is 306 g/mol. The minimum Gasteiger partial charge on any atom is -0.344 e. The zero-order valence-electron chi connectivity index (χ0n) is 12.2. The summed E-state index contributed by atoms with van der Waals surface area (Å²) >= 11 is 0. The highest BCUT2D eigenvalue weighted by Crippen LogP contribution is 2.15. The summed E-state index contributed by atoms with van der Waals surface area (Å²) in [6, 6.07) is 12.9. The molecular weight excluding hydrogens is 292 g/mol. The Balaban J connectivity index is 1.62. The second-order valence-electron chi connectivity index (χ2n) is 4.91. The molecule has 3 rings (SSSR count). The van der Waals surface area contributed by atoms with Crippen LogP contribution in [0.2, 0.25) is 0 Å². The fraction of sp³-hybridized carbons (Fsp3) is 0.0588. The van der Waals surface area contributed by atoms with Crippen molar-refractivity contribution in [1.29, 1.82) is 0 Å². The topological polar surface area (TPSA) is 84.0 Å². The Hall–Kier alpha value is -3.28. The van der Waals surface area contributed by atoms with Crippen LogP contribution in [0.5, 0.6) is 0 Å². The van der Waals surface area contributed by atoms with Gasteiger partial charge in [0.1, 0.15) is 0 Å². The van der Waals surface area contributed by atoms with E-state index < -0.39 is 11.8 Å². The molecule has 0 radical (unpaired) electrons. The number of para-hydroxylation sites is 1. The second kappa shape index (κ2) is 6.65. The summed E-state index contributed by atoms with van der Waals surface area (Å²) in [5.41, 5.74) is 2.17.